The van der Waals surface area contributed by atoms with Gasteiger partial charge in [-0.25, -0.2) is 4.90 Å². The van der Waals surface area contributed by atoms with Crippen molar-refractivity contribution in [3.05, 3.63) is 24.3 Å². The molecule has 47 heavy (non-hydrogen) atoms. The lowest BCUT2D eigenvalue weighted by molar-refractivity contribution is -0.156. The molecule has 5 nitrogen and oxygen atoms in total. The van der Waals surface area contributed by atoms with E-state index in [1.54, 1.807) is 0 Å². The average molecular weight is 659 g/mol. The van der Waals surface area contributed by atoms with E-state index in [-0.39, 0.29) is 30.6 Å². The Hall–Kier alpha value is -1.75. The number of imide groups is 3. The van der Waals surface area contributed by atoms with Gasteiger partial charge in [-0.15, -0.1) is 0 Å². The highest BCUT2D eigenvalue weighted by Gasteiger charge is 2.33. The highest BCUT2D eigenvalue weighted by atomic mass is 16.2. The topological polar surface area (TPSA) is 57.7 Å². The largest absolute Gasteiger partial charge is 0.298 e. The van der Waals surface area contributed by atoms with Gasteiger partial charge in [0.15, 0.2) is 0 Å². The fraction of sp³-hybridized carbons (Fsp3) is 0.833. The van der Waals surface area contributed by atoms with Crippen molar-refractivity contribution in [2.24, 2.45) is 0 Å². The summed E-state index contributed by atoms with van der Waals surface area (Å²) in [6.07, 6.45) is 41.5. The molecule has 0 rings (SSSR count). The average Bonchev–Trinajstić information content (AvgIpc) is 3.05. The predicted octanol–water partition coefficient (Wildman–Crippen LogP) is 12.3. The fourth-order valence-electron chi connectivity index (χ4n) is 6.21. The van der Waals surface area contributed by atoms with Crippen LogP contribution in [0.5, 0.6) is 0 Å². The van der Waals surface area contributed by atoms with Gasteiger partial charge < -0.3 is 0 Å². The van der Waals surface area contributed by atoms with Gasteiger partial charge in [-0.05, 0) is 84.7 Å². The van der Waals surface area contributed by atoms with E-state index in [1.165, 1.54) is 103 Å². The van der Waals surface area contributed by atoms with Crippen LogP contribution in [-0.4, -0.2) is 47.7 Å². The maximum atomic E-state index is 13.3. The molecular weight excluding hydrogens is 580 g/mol. The summed E-state index contributed by atoms with van der Waals surface area (Å²) in [5, 5.41) is 0. The first-order chi connectivity index (χ1) is 22.9. The number of hydrogen-bond acceptors (Lipinski definition) is 4. The van der Waals surface area contributed by atoms with Gasteiger partial charge in [0.1, 0.15) is 0 Å². The second kappa shape index (κ2) is 34.1. The molecule has 0 bridgehead atoms. The molecule has 0 spiro atoms. The number of carbonyl (C=O) groups is 3. The number of unbranched alkanes of at least 4 members (excludes halogenated alkanes) is 22. The van der Waals surface area contributed by atoms with Crippen LogP contribution in [0.1, 0.15) is 207 Å². The van der Waals surface area contributed by atoms with E-state index >= 15 is 0 Å². The SMILES string of the molecule is CCCCCCCC/C=C\CCCCCCCC(=O)N(C(=O)CCCCCCC/C=C\CCCCCCCC)C(=O)C(CC)N(C)C. The van der Waals surface area contributed by atoms with Crippen LogP contribution in [0.3, 0.4) is 0 Å². The van der Waals surface area contributed by atoms with E-state index in [0.29, 0.717) is 6.42 Å². The molecule has 5 heteroatoms. The number of carbonyl (C=O) groups excluding carboxylic acids is 3. The Balaban J connectivity index is 4.31. The van der Waals surface area contributed by atoms with Crippen LogP contribution in [0.2, 0.25) is 0 Å². The maximum absolute atomic E-state index is 13.3. The van der Waals surface area contributed by atoms with E-state index in [2.05, 4.69) is 38.2 Å². The molecule has 0 saturated carbocycles. The Morgan fingerprint density at radius 3 is 1.04 bits per heavy atom. The van der Waals surface area contributed by atoms with E-state index in [0.717, 1.165) is 69.1 Å². The molecule has 1 unspecified atom stereocenters. The lowest BCUT2D eigenvalue weighted by Gasteiger charge is -2.28. The fourth-order valence-corrected chi connectivity index (χ4v) is 6.21. The summed E-state index contributed by atoms with van der Waals surface area (Å²) in [5.41, 5.74) is 0. The molecule has 0 N–H and O–H groups in total. The van der Waals surface area contributed by atoms with Crippen molar-refractivity contribution in [3.63, 3.8) is 0 Å². The third-order valence-electron chi connectivity index (χ3n) is 9.32. The second-order valence-corrected chi connectivity index (χ2v) is 14.0. The van der Waals surface area contributed by atoms with Crippen molar-refractivity contribution in [1.82, 2.24) is 9.80 Å². The Bertz CT molecular complexity index is 752. The molecule has 1 atom stereocenters. The summed E-state index contributed by atoms with van der Waals surface area (Å²) in [6.45, 7) is 6.46. The first kappa shape index (κ1) is 45.2. The third kappa shape index (κ3) is 26.8. The molecule has 0 aliphatic rings. The number of rotatable bonds is 33. The normalized spacial score (nSPS) is 12.5. The molecule has 0 aromatic carbocycles. The molecule has 0 aromatic rings. The van der Waals surface area contributed by atoms with Crippen molar-refractivity contribution in [3.8, 4) is 0 Å². The van der Waals surface area contributed by atoms with E-state index in [1.807, 2.05) is 25.9 Å². The van der Waals surface area contributed by atoms with E-state index in [4.69, 9.17) is 0 Å². The smallest absolute Gasteiger partial charge is 0.253 e. The van der Waals surface area contributed by atoms with Crippen LogP contribution >= 0.6 is 0 Å². The van der Waals surface area contributed by atoms with Gasteiger partial charge in [-0.3, -0.25) is 19.3 Å². The van der Waals surface area contributed by atoms with Gasteiger partial charge in [0.05, 0.1) is 6.04 Å². The molecule has 0 saturated heterocycles. The van der Waals surface area contributed by atoms with Crippen LogP contribution in [0.25, 0.3) is 0 Å². The van der Waals surface area contributed by atoms with Gasteiger partial charge in [0.2, 0.25) is 11.8 Å². The second-order valence-electron chi connectivity index (χ2n) is 14.0. The van der Waals surface area contributed by atoms with Crippen LogP contribution < -0.4 is 0 Å². The number of amides is 3. The van der Waals surface area contributed by atoms with Crippen molar-refractivity contribution in [2.75, 3.05) is 14.1 Å². The van der Waals surface area contributed by atoms with Crippen LogP contribution in [-0.2, 0) is 14.4 Å². The number of allylic oxidation sites excluding steroid dienone is 4. The lowest BCUT2D eigenvalue weighted by Crippen LogP contribution is -2.50. The summed E-state index contributed by atoms with van der Waals surface area (Å²) >= 11 is 0. The van der Waals surface area contributed by atoms with Gasteiger partial charge in [0, 0.05) is 12.8 Å². The third-order valence-corrected chi connectivity index (χ3v) is 9.32. The zero-order valence-electron chi connectivity index (χ0n) is 32.0. The summed E-state index contributed by atoms with van der Waals surface area (Å²) in [4.78, 5) is 42.6. The summed E-state index contributed by atoms with van der Waals surface area (Å²) < 4.78 is 0. The van der Waals surface area contributed by atoms with E-state index < -0.39 is 6.04 Å². The molecule has 3 amide bonds. The zero-order valence-corrected chi connectivity index (χ0v) is 32.0. The standard InChI is InChI=1S/C42H78N2O3/c1-6-9-11-13-15-17-19-21-23-25-27-29-31-33-35-37-40(45)44(42(47)39(8-3)43(4)5)41(46)38-36-34-32-30-28-26-24-22-20-18-16-14-12-10-7-2/h21-24,39H,6-20,25-38H2,1-5H3/b23-21-,24-22-. The first-order valence-corrected chi connectivity index (χ1v) is 20.3. The van der Waals surface area contributed by atoms with Crippen molar-refractivity contribution in [2.45, 2.75) is 213 Å². The van der Waals surface area contributed by atoms with Gasteiger partial charge >= 0.3 is 0 Å². The summed E-state index contributed by atoms with van der Waals surface area (Å²) in [5.74, 6) is -0.982. The quantitative estimate of drug-likeness (QED) is 0.0520. The van der Waals surface area contributed by atoms with Gasteiger partial charge in [-0.1, -0.05) is 148 Å². The minimum Gasteiger partial charge on any atom is -0.298 e. The molecule has 274 valence electrons. The lowest BCUT2D eigenvalue weighted by atomic mass is 10.1. The number of likely N-dealkylation sites (N-methyl/N-ethyl adjacent to an activating group) is 1. The number of hydrogen-bond donors (Lipinski definition) is 0. The van der Waals surface area contributed by atoms with Crippen molar-refractivity contribution >= 4 is 17.7 Å². The molecule has 0 aliphatic carbocycles. The Kier molecular flexibility index (Phi) is 32.9. The minimum absolute atomic E-state index is 0.270. The summed E-state index contributed by atoms with van der Waals surface area (Å²) in [6, 6.07) is -0.453. The van der Waals surface area contributed by atoms with Crippen LogP contribution in [0.15, 0.2) is 24.3 Å². The highest BCUT2D eigenvalue weighted by Crippen LogP contribution is 2.16. The predicted molar refractivity (Wildman–Crippen MR) is 204 cm³/mol. The Labute approximate surface area is 292 Å². The molecule has 0 fully saturated rings. The van der Waals surface area contributed by atoms with Crippen LogP contribution in [0.4, 0.5) is 0 Å². The van der Waals surface area contributed by atoms with Crippen molar-refractivity contribution in [1.29, 1.82) is 0 Å². The molecular formula is C42H78N2O3. The highest BCUT2D eigenvalue weighted by molar-refractivity contribution is 6.12. The Morgan fingerprint density at radius 1 is 0.447 bits per heavy atom. The monoisotopic (exact) mass is 659 g/mol. The van der Waals surface area contributed by atoms with Crippen LogP contribution in [0, 0.1) is 0 Å². The first-order valence-electron chi connectivity index (χ1n) is 20.3. The maximum Gasteiger partial charge on any atom is 0.253 e. The molecule has 0 radical (unpaired) electrons. The zero-order chi connectivity index (χ0) is 34.8. The van der Waals surface area contributed by atoms with E-state index in [9.17, 15) is 14.4 Å². The minimum atomic E-state index is -0.453. The number of nitrogens with zero attached hydrogens (tertiary/aromatic N) is 2. The molecule has 0 aliphatic heterocycles. The molecule has 0 heterocycles. The van der Waals surface area contributed by atoms with Gasteiger partial charge in [0.25, 0.3) is 5.91 Å². The van der Waals surface area contributed by atoms with Gasteiger partial charge in [-0.2, -0.15) is 0 Å². The Morgan fingerprint density at radius 2 is 0.745 bits per heavy atom. The van der Waals surface area contributed by atoms with Crippen molar-refractivity contribution < 1.29 is 14.4 Å². The summed E-state index contributed by atoms with van der Waals surface area (Å²) in [7, 11) is 3.68. The molecule has 0 aromatic heterocycles.